The molecule has 4 heterocycles. The molecule has 4 rings (SSSR count). The molecule has 0 saturated carbocycles. The van der Waals surface area contributed by atoms with E-state index in [-0.39, 0.29) is 84.8 Å². The molecule has 17 heteroatoms. The summed E-state index contributed by atoms with van der Waals surface area (Å²) in [5.74, 6) is 0.802. The van der Waals surface area contributed by atoms with Gasteiger partial charge in [-0.1, -0.05) is 24.3 Å². The van der Waals surface area contributed by atoms with Crippen molar-refractivity contribution >= 4 is 24.2 Å². The number of anilines is 2. The maximum absolute atomic E-state index is 6.36. The van der Waals surface area contributed by atoms with E-state index in [4.69, 9.17) is 27.3 Å². The fourth-order valence-corrected chi connectivity index (χ4v) is 7.97. The zero-order chi connectivity index (χ0) is 41.7. The first kappa shape index (κ1) is 45.7. The largest absolute Gasteiger partial charge is 0.461 e. The van der Waals surface area contributed by atoms with E-state index in [1.807, 2.05) is 9.80 Å². The molecule has 2 N–H and O–H groups in total. The summed E-state index contributed by atoms with van der Waals surface area (Å²) in [6, 6.07) is 0.636. The number of nitrogens with zero attached hydrogens (tertiary/aromatic N) is 8. The van der Waals surface area contributed by atoms with Crippen LogP contribution in [0.15, 0.2) is 50.6 Å². The van der Waals surface area contributed by atoms with Gasteiger partial charge in [0.25, 0.3) is 0 Å². The summed E-state index contributed by atoms with van der Waals surface area (Å²) in [5.41, 5.74) is -0.452. The van der Waals surface area contributed by atoms with Gasteiger partial charge in [-0.15, -0.1) is 36.3 Å². The Hall–Kier alpha value is -4.03. The van der Waals surface area contributed by atoms with Crippen molar-refractivity contribution in [3.63, 3.8) is 0 Å². The van der Waals surface area contributed by atoms with Crippen molar-refractivity contribution in [1.29, 1.82) is 0 Å². The number of aromatic nitrogens is 6. The molecule has 2 aromatic rings. The molecule has 0 radical (unpaired) electrons. The van der Waals surface area contributed by atoms with Crippen LogP contribution in [0.1, 0.15) is 81.1 Å². The lowest BCUT2D eigenvalue weighted by Crippen LogP contribution is -2.60. The van der Waals surface area contributed by atoms with Crippen LogP contribution in [0.25, 0.3) is 0 Å². The van der Waals surface area contributed by atoms with Crippen LogP contribution in [0.4, 0.5) is 11.9 Å². The first-order chi connectivity index (χ1) is 26.9. The average Bonchev–Trinajstić information content (AvgIpc) is 3.08. The van der Waals surface area contributed by atoms with Gasteiger partial charge in [0.1, 0.15) is 25.4 Å². The molecule has 0 bridgehead atoms. The minimum absolute atomic E-state index is 0.0983. The third-order valence-corrected chi connectivity index (χ3v) is 9.40. The van der Waals surface area contributed by atoms with Crippen LogP contribution in [0.5, 0.6) is 24.0 Å². The summed E-state index contributed by atoms with van der Waals surface area (Å²) in [7, 11) is 0. The molecule has 316 valence electrons. The molecule has 2 aliphatic heterocycles. The highest BCUT2D eigenvalue weighted by atomic mass is 32.2. The van der Waals surface area contributed by atoms with E-state index in [1.54, 1.807) is 24.3 Å². The van der Waals surface area contributed by atoms with E-state index < -0.39 is 0 Å². The molecule has 0 atom stereocenters. The van der Waals surface area contributed by atoms with Gasteiger partial charge in [-0.2, -0.15) is 19.9 Å². The van der Waals surface area contributed by atoms with Gasteiger partial charge in [0, 0.05) is 74.0 Å². The zero-order valence-electron chi connectivity index (χ0n) is 35.2. The summed E-state index contributed by atoms with van der Waals surface area (Å²) in [6.45, 7) is 35.5. The third-order valence-electron chi connectivity index (χ3n) is 8.87. The monoisotopic (exact) mass is 812 g/mol. The van der Waals surface area contributed by atoms with E-state index in [0.29, 0.717) is 38.1 Å². The molecule has 57 heavy (non-hydrogen) atoms. The first-order valence-electron chi connectivity index (χ1n) is 19.5. The number of hydrogen-bond donors (Lipinski definition) is 2. The first-order valence-corrected chi connectivity index (χ1v) is 20.2. The minimum atomic E-state index is -0.113. The smallest absolute Gasteiger partial charge is 0.324 e. The Morgan fingerprint density at radius 1 is 0.526 bits per heavy atom. The fourth-order valence-electron chi connectivity index (χ4n) is 7.63. The molecule has 2 saturated heterocycles. The van der Waals surface area contributed by atoms with Crippen molar-refractivity contribution in [3.05, 3.63) is 50.6 Å². The number of piperidine rings is 2. The maximum atomic E-state index is 6.36. The molecule has 2 aliphatic rings. The standard InChI is InChI=1S/C40H64N10O6S/c1-13-17-49(18-14-2)31-41-33(45-35(43-31)55-29-25-37(5,6)47-38(7,8)26-29)51-21-23-53-57-54-24-22-52-34-42-32(50(19-15-3)20-16-4)44-36(46-34)56-30-27-39(9,10)48-40(11,12)28-30/h13-16,29-30,47-48H,1-4,17-28H2,5-12H3. The summed E-state index contributed by atoms with van der Waals surface area (Å²) < 4.78 is 35.7. The lowest BCUT2D eigenvalue weighted by atomic mass is 9.81. The van der Waals surface area contributed by atoms with E-state index in [1.165, 1.54) is 0 Å². The van der Waals surface area contributed by atoms with Crippen LogP contribution in [0.3, 0.4) is 0 Å². The van der Waals surface area contributed by atoms with Crippen LogP contribution in [0, 0.1) is 0 Å². The van der Waals surface area contributed by atoms with Crippen molar-refractivity contribution in [2.24, 2.45) is 0 Å². The van der Waals surface area contributed by atoms with E-state index in [0.717, 1.165) is 38.0 Å². The second-order valence-electron chi connectivity index (χ2n) is 16.9. The molecular formula is C40H64N10O6S. The lowest BCUT2D eigenvalue weighted by molar-refractivity contribution is 0.0483. The number of nitrogens with one attached hydrogen (secondary N) is 2. The third kappa shape index (κ3) is 15.3. The van der Waals surface area contributed by atoms with Crippen molar-refractivity contribution in [2.45, 2.75) is 115 Å². The summed E-state index contributed by atoms with van der Waals surface area (Å²) in [6.07, 6.45) is 10.1. The highest BCUT2D eigenvalue weighted by Gasteiger charge is 2.40. The van der Waals surface area contributed by atoms with Crippen LogP contribution >= 0.6 is 12.3 Å². The van der Waals surface area contributed by atoms with Gasteiger partial charge in [-0.25, -0.2) is 0 Å². The number of rotatable bonds is 24. The van der Waals surface area contributed by atoms with Gasteiger partial charge < -0.3 is 39.4 Å². The van der Waals surface area contributed by atoms with Gasteiger partial charge in [0.15, 0.2) is 12.3 Å². The van der Waals surface area contributed by atoms with Crippen molar-refractivity contribution in [3.8, 4) is 24.0 Å². The van der Waals surface area contributed by atoms with Crippen molar-refractivity contribution in [2.75, 3.05) is 62.4 Å². The van der Waals surface area contributed by atoms with Crippen molar-refractivity contribution in [1.82, 2.24) is 40.5 Å². The summed E-state index contributed by atoms with van der Waals surface area (Å²) >= 11 is 0.830. The Balaban J connectivity index is 1.30. The Morgan fingerprint density at radius 2 is 0.842 bits per heavy atom. The van der Waals surface area contributed by atoms with Gasteiger partial charge in [-0.3, -0.25) is 8.37 Å². The summed E-state index contributed by atoms with van der Waals surface area (Å²) in [4.78, 5) is 31.1. The molecule has 2 fully saturated rings. The fraction of sp³-hybridized carbons (Fsp3) is 0.650. The Kier molecular flexibility index (Phi) is 16.5. The Bertz CT molecular complexity index is 1470. The molecule has 0 spiro atoms. The lowest BCUT2D eigenvalue weighted by Gasteiger charge is -2.45. The number of ether oxygens (including phenoxy) is 4. The highest BCUT2D eigenvalue weighted by molar-refractivity contribution is 7.89. The molecule has 0 aliphatic carbocycles. The van der Waals surface area contributed by atoms with E-state index in [9.17, 15) is 0 Å². The molecular weight excluding hydrogens is 749 g/mol. The van der Waals surface area contributed by atoms with Crippen LogP contribution in [-0.2, 0) is 8.37 Å². The SMILES string of the molecule is C=CCN(CC=C)c1nc(OCCOSOCCOc2nc(OC3CC(C)(C)NC(C)(C)C3)nc(N(CC=C)CC=C)n2)nc(OC2CC(C)(C)NC(C)(C)C2)n1. The zero-order valence-corrected chi connectivity index (χ0v) is 36.0. The minimum Gasteiger partial charge on any atom is -0.461 e. The van der Waals surface area contributed by atoms with Crippen LogP contribution in [-0.4, -0.2) is 117 Å². The van der Waals surface area contributed by atoms with Gasteiger partial charge in [-0.05, 0) is 55.4 Å². The van der Waals surface area contributed by atoms with Crippen LogP contribution in [0.2, 0.25) is 0 Å². The Labute approximate surface area is 343 Å². The molecule has 0 amide bonds. The quantitative estimate of drug-likeness (QED) is 0.0737. The number of hydrogen-bond acceptors (Lipinski definition) is 17. The molecule has 0 unspecified atom stereocenters. The molecule has 2 aromatic heterocycles. The van der Waals surface area contributed by atoms with Crippen LogP contribution < -0.4 is 39.4 Å². The summed E-state index contributed by atoms with van der Waals surface area (Å²) in [5, 5.41) is 7.35. The van der Waals surface area contributed by atoms with Gasteiger partial charge >= 0.3 is 24.0 Å². The molecule has 16 nitrogen and oxygen atoms in total. The van der Waals surface area contributed by atoms with E-state index in [2.05, 4.69) is 122 Å². The van der Waals surface area contributed by atoms with Gasteiger partial charge in [0.2, 0.25) is 11.9 Å². The van der Waals surface area contributed by atoms with Gasteiger partial charge in [0.05, 0.1) is 13.2 Å². The predicted molar refractivity (Wildman–Crippen MR) is 225 cm³/mol. The topological polar surface area (TPSA) is 163 Å². The van der Waals surface area contributed by atoms with E-state index >= 15 is 0 Å². The maximum Gasteiger partial charge on any atom is 0.324 e. The molecule has 0 aromatic carbocycles. The highest BCUT2D eigenvalue weighted by Crippen LogP contribution is 2.33. The second-order valence-corrected chi connectivity index (χ2v) is 17.5. The normalized spacial score (nSPS) is 18.5. The average molecular weight is 813 g/mol. The Morgan fingerprint density at radius 3 is 1.16 bits per heavy atom. The second kappa shape index (κ2) is 20.6. The van der Waals surface area contributed by atoms with Crippen molar-refractivity contribution < 1.29 is 27.3 Å². The predicted octanol–water partition coefficient (Wildman–Crippen LogP) is 5.84.